The first-order valence-electron chi connectivity index (χ1n) is 26.2. The Bertz CT molecular complexity index is 584. The van der Waals surface area contributed by atoms with Gasteiger partial charge in [0, 0.05) is 0 Å². The van der Waals surface area contributed by atoms with E-state index in [1.54, 1.807) is 44.9 Å². The SMILES string of the molecule is CCCCCCCCCCCCC1(CCCCCCCCCCCC)CCCC1(CCCCCCCCCCCC)CCCCCCCCCCCC. The van der Waals surface area contributed by atoms with E-state index in [1.807, 2.05) is 0 Å². The Morgan fingerprint density at radius 2 is 0.358 bits per heavy atom. The van der Waals surface area contributed by atoms with Crippen molar-refractivity contribution < 1.29 is 0 Å². The van der Waals surface area contributed by atoms with Gasteiger partial charge in [0.25, 0.3) is 0 Å². The molecule has 0 aliphatic heterocycles. The van der Waals surface area contributed by atoms with Crippen LogP contribution in [0.25, 0.3) is 0 Å². The lowest BCUT2D eigenvalue weighted by Crippen LogP contribution is -2.38. The molecule has 0 nitrogen and oxygen atoms in total. The Balaban J connectivity index is 2.78. The predicted octanol–water partition coefficient (Wildman–Crippen LogP) is 20.4. The minimum Gasteiger partial charge on any atom is -0.0654 e. The minimum atomic E-state index is 0.672. The van der Waals surface area contributed by atoms with Gasteiger partial charge in [0.05, 0.1) is 0 Å². The number of hydrogen-bond donors (Lipinski definition) is 0. The van der Waals surface area contributed by atoms with Crippen molar-refractivity contribution in [3.8, 4) is 0 Å². The maximum Gasteiger partial charge on any atom is -0.0241 e. The summed E-state index contributed by atoms with van der Waals surface area (Å²) in [7, 11) is 0. The zero-order valence-corrected chi connectivity index (χ0v) is 38.2. The zero-order valence-electron chi connectivity index (χ0n) is 38.2. The molecular formula is C53H106. The molecule has 0 unspecified atom stereocenters. The van der Waals surface area contributed by atoms with Crippen molar-refractivity contribution in [3.63, 3.8) is 0 Å². The Kier molecular flexibility index (Phi) is 37.4. The molecule has 1 rings (SSSR count). The summed E-state index contributed by atoms with van der Waals surface area (Å²) in [6.45, 7) is 9.38. The zero-order chi connectivity index (χ0) is 38.2. The molecule has 0 radical (unpaired) electrons. The lowest BCUT2D eigenvalue weighted by Gasteiger charge is -2.48. The molecule has 0 atom stereocenters. The standard InChI is InChI=1S/C53H106/c1-5-9-13-17-21-25-29-33-37-41-46-52(47-42-38-34-30-26-22-18-14-10-6-2)50-45-51-53(52,48-43-39-35-31-27-23-19-15-11-7-3)49-44-40-36-32-28-24-20-16-12-8-4/h5-51H2,1-4H3. The van der Waals surface area contributed by atoms with E-state index in [4.69, 9.17) is 0 Å². The van der Waals surface area contributed by atoms with Crippen LogP contribution in [0.4, 0.5) is 0 Å². The molecule has 0 bridgehead atoms. The van der Waals surface area contributed by atoms with Gasteiger partial charge >= 0.3 is 0 Å². The molecule has 0 aromatic carbocycles. The van der Waals surface area contributed by atoms with Gasteiger partial charge in [0.1, 0.15) is 0 Å². The van der Waals surface area contributed by atoms with Gasteiger partial charge in [0.2, 0.25) is 0 Å². The monoisotopic (exact) mass is 743 g/mol. The van der Waals surface area contributed by atoms with Crippen molar-refractivity contribution in [1.29, 1.82) is 0 Å². The second kappa shape index (κ2) is 38.9. The van der Waals surface area contributed by atoms with Crippen molar-refractivity contribution in [2.75, 3.05) is 0 Å². The molecule has 1 saturated carbocycles. The molecule has 0 aromatic rings. The molecule has 318 valence electrons. The normalized spacial score (nSPS) is 15.2. The average Bonchev–Trinajstić information content (AvgIpc) is 3.51. The van der Waals surface area contributed by atoms with Crippen LogP contribution >= 0.6 is 0 Å². The smallest absolute Gasteiger partial charge is 0.0241 e. The predicted molar refractivity (Wildman–Crippen MR) is 245 cm³/mol. The summed E-state index contributed by atoms with van der Waals surface area (Å²) >= 11 is 0. The third-order valence-corrected chi connectivity index (χ3v) is 14.5. The van der Waals surface area contributed by atoms with Gasteiger partial charge in [-0.3, -0.25) is 0 Å². The summed E-state index contributed by atoms with van der Waals surface area (Å²) in [5.74, 6) is 0. The molecule has 0 amide bonds. The highest BCUT2D eigenvalue weighted by molar-refractivity contribution is 5.02. The van der Waals surface area contributed by atoms with E-state index < -0.39 is 0 Å². The maximum atomic E-state index is 2.34. The van der Waals surface area contributed by atoms with Crippen LogP contribution in [-0.2, 0) is 0 Å². The Morgan fingerprint density at radius 3 is 0.528 bits per heavy atom. The minimum absolute atomic E-state index is 0.672. The van der Waals surface area contributed by atoms with E-state index in [1.165, 1.54) is 257 Å². The summed E-state index contributed by atoms with van der Waals surface area (Å²) < 4.78 is 0. The van der Waals surface area contributed by atoms with Crippen LogP contribution < -0.4 is 0 Å². The van der Waals surface area contributed by atoms with Gasteiger partial charge in [-0.1, -0.05) is 291 Å². The molecule has 0 heterocycles. The second-order valence-electron chi connectivity index (χ2n) is 19.1. The Morgan fingerprint density at radius 1 is 0.208 bits per heavy atom. The van der Waals surface area contributed by atoms with Crippen LogP contribution in [0.2, 0.25) is 0 Å². The first-order chi connectivity index (χ1) is 26.2. The van der Waals surface area contributed by atoms with E-state index in [2.05, 4.69) is 27.7 Å². The van der Waals surface area contributed by atoms with Gasteiger partial charge in [0.15, 0.2) is 0 Å². The van der Waals surface area contributed by atoms with E-state index >= 15 is 0 Å². The second-order valence-corrected chi connectivity index (χ2v) is 19.1. The van der Waals surface area contributed by atoms with Crippen molar-refractivity contribution in [2.45, 2.75) is 329 Å². The molecule has 1 fully saturated rings. The summed E-state index contributed by atoms with van der Waals surface area (Å²) in [4.78, 5) is 0. The molecule has 53 heavy (non-hydrogen) atoms. The van der Waals surface area contributed by atoms with E-state index in [-0.39, 0.29) is 0 Å². The quantitative estimate of drug-likeness (QED) is 0.0545. The van der Waals surface area contributed by atoms with E-state index in [0.29, 0.717) is 10.8 Å². The van der Waals surface area contributed by atoms with Gasteiger partial charge in [-0.2, -0.15) is 0 Å². The lowest BCUT2D eigenvalue weighted by molar-refractivity contribution is 0.0208. The molecular weight excluding hydrogens is 637 g/mol. The first-order valence-corrected chi connectivity index (χ1v) is 26.2. The molecule has 0 N–H and O–H groups in total. The van der Waals surface area contributed by atoms with Gasteiger partial charge < -0.3 is 0 Å². The molecule has 1 aliphatic carbocycles. The number of rotatable bonds is 44. The molecule has 0 heteroatoms. The van der Waals surface area contributed by atoms with Crippen LogP contribution in [0.3, 0.4) is 0 Å². The third-order valence-electron chi connectivity index (χ3n) is 14.5. The molecule has 0 spiro atoms. The molecule has 1 aliphatic rings. The molecule has 0 aromatic heterocycles. The summed E-state index contributed by atoms with van der Waals surface area (Å²) in [5.41, 5.74) is 1.34. The van der Waals surface area contributed by atoms with E-state index in [9.17, 15) is 0 Å². The molecule has 0 saturated heterocycles. The van der Waals surface area contributed by atoms with Crippen LogP contribution in [-0.4, -0.2) is 0 Å². The van der Waals surface area contributed by atoms with Crippen LogP contribution in [0.5, 0.6) is 0 Å². The maximum absolute atomic E-state index is 2.34. The average molecular weight is 743 g/mol. The highest BCUT2D eigenvalue weighted by atomic mass is 14.6. The Labute approximate surface area is 339 Å². The summed E-state index contributed by atoms with van der Waals surface area (Å²) in [5, 5.41) is 0. The van der Waals surface area contributed by atoms with Gasteiger partial charge in [-0.15, -0.1) is 0 Å². The lowest BCUT2D eigenvalue weighted by atomic mass is 9.57. The van der Waals surface area contributed by atoms with Crippen molar-refractivity contribution in [2.24, 2.45) is 10.8 Å². The number of unbranched alkanes of at least 4 members (excludes halogenated alkanes) is 36. The highest BCUT2D eigenvalue weighted by Crippen LogP contribution is 2.63. The fourth-order valence-corrected chi connectivity index (χ4v) is 10.9. The fraction of sp³-hybridized carbons (Fsp3) is 1.00. The van der Waals surface area contributed by atoms with E-state index in [0.717, 1.165) is 0 Å². The highest BCUT2D eigenvalue weighted by Gasteiger charge is 2.52. The van der Waals surface area contributed by atoms with Crippen LogP contribution in [0.15, 0.2) is 0 Å². The van der Waals surface area contributed by atoms with Crippen LogP contribution in [0, 0.1) is 10.8 Å². The summed E-state index contributed by atoms with van der Waals surface area (Å²) in [6.07, 6.45) is 70.3. The van der Waals surface area contributed by atoms with Gasteiger partial charge in [-0.05, 0) is 49.4 Å². The Hall–Kier alpha value is 0. The topological polar surface area (TPSA) is 0 Å². The van der Waals surface area contributed by atoms with Gasteiger partial charge in [-0.25, -0.2) is 0 Å². The third kappa shape index (κ3) is 27.3. The summed E-state index contributed by atoms with van der Waals surface area (Å²) in [6, 6.07) is 0. The van der Waals surface area contributed by atoms with Crippen LogP contribution in [0.1, 0.15) is 329 Å². The fourth-order valence-electron chi connectivity index (χ4n) is 10.9. The largest absolute Gasteiger partial charge is 0.0654 e. The first kappa shape index (κ1) is 51.0. The van der Waals surface area contributed by atoms with Crippen molar-refractivity contribution in [1.82, 2.24) is 0 Å². The van der Waals surface area contributed by atoms with Crippen molar-refractivity contribution >= 4 is 0 Å². The number of hydrogen-bond acceptors (Lipinski definition) is 0. The van der Waals surface area contributed by atoms with Crippen molar-refractivity contribution in [3.05, 3.63) is 0 Å².